The zero-order valence-electron chi connectivity index (χ0n) is 8.14. The Morgan fingerprint density at radius 2 is 2.33 bits per heavy atom. The smallest absolute Gasteiger partial charge is 0.348 e. The molecule has 0 bridgehead atoms. The minimum Gasteiger partial charge on any atom is -0.465 e. The minimum absolute atomic E-state index is 0.296. The molecule has 0 amide bonds. The lowest BCUT2D eigenvalue weighted by Gasteiger charge is -1.94. The maximum Gasteiger partial charge on any atom is 0.348 e. The number of pyridine rings is 1. The molecule has 0 aromatic carbocycles. The van der Waals surface area contributed by atoms with Crippen LogP contribution in [0.15, 0.2) is 36.0 Å². The van der Waals surface area contributed by atoms with Crippen LogP contribution in [0.4, 0.5) is 0 Å². The predicted molar refractivity (Wildman–Crippen MR) is 58.9 cm³/mol. The normalized spacial score (nSPS) is 9.93. The molecule has 0 aliphatic rings. The third kappa shape index (κ3) is 2.05. The fourth-order valence-electron chi connectivity index (χ4n) is 1.23. The average molecular weight is 219 g/mol. The largest absolute Gasteiger partial charge is 0.465 e. The Morgan fingerprint density at radius 3 is 3.00 bits per heavy atom. The number of hydrogen-bond acceptors (Lipinski definition) is 4. The first-order valence-corrected chi connectivity index (χ1v) is 5.26. The Morgan fingerprint density at radius 1 is 1.47 bits per heavy atom. The summed E-state index contributed by atoms with van der Waals surface area (Å²) in [5.74, 6) is -0.296. The number of aromatic nitrogens is 1. The topological polar surface area (TPSA) is 39.2 Å². The van der Waals surface area contributed by atoms with E-state index in [0.29, 0.717) is 4.88 Å². The Hall–Kier alpha value is -1.68. The van der Waals surface area contributed by atoms with Crippen LogP contribution < -0.4 is 0 Å². The van der Waals surface area contributed by atoms with Gasteiger partial charge in [-0.2, -0.15) is 0 Å². The van der Waals surface area contributed by atoms with Crippen molar-refractivity contribution in [2.24, 2.45) is 0 Å². The first kappa shape index (κ1) is 9.86. The molecular weight excluding hydrogens is 210 g/mol. The SMILES string of the molecule is COC(=O)c1cc(-c2cccnc2)cs1. The second-order valence-electron chi connectivity index (χ2n) is 2.93. The number of esters is 1. The maximum absolute atomic E-state index is 11.2. The van der Waals surface area contributed by atoms with E-state index >= 15 is 0 Å². The Balaban J connectivity index is 2.32. The highest BCUT2D eigenvalue weighted by atomic mass is 32.1. The van der Waals surface area contributed by atoms with Gasteiger partial charge in [-0.1, -0.05) is 6.07 Å². The molecule has 0 saturated heterocycles. The van der Waals surface area contributed by atoms with Crippen LogP contribution in [0.3, 0.4) is 0 Å². The van der Waals surface area contributed by atoms with Crippen molar-refractivity contribution in [3.63, 3.8) is 0 Å². The van der Waals surface area contributed by atoms with Gasteiger partial charge in [-0.25, -0.2) is 4.79 Å². The number of carbonyl (C=O) groups is 1. The number of ether oxygens (including phenoxy) is 1. The van der Waals surface area contributed by atoms with E-state index in [1.54, 1.807) is 12.4 Å². The average Bonchev–Trinajstić information content (AvgIpc) is 2.78. The van der Waals surface area contributed by atoms with Gasteiger partial charge < -0.3 is 4.74 Å². The van der Waals surface area contributed by atoms with E-state index in [1.807, 2.05) is 23.6 Å². The van der Waals surface area contributed by atoms with Crippen LogP contribution in [-0.2, 0) is 4.74 Å². The van der Waals surface area contributed by atoms with Gasteiger partial charge in [0.25, 0.3) is 0 Å². The Bertz CT molecular complexity index is 464. The van der Waals surface area contributed by atoms with Crippen molar-refractivity contribution in [3.8, 4) is 11.1 Å². The zero-order chi connectivity index (χ0) is 10.7. The summed E-state index contributed by atoms with van der Waals surface area (Å²) in [5.41, 5.74) is 2.00. The van der Waals surface area contributed by atoms with Crippen LogP contribution >= 0.6 is 11.3 Å². The molecule has 2 aromatic rings. The van der Waals surface area contributed by atoms with Crippen molar-refractivity contribution in [1.29, 1.82) is 0 Å². The van der Waals surface area contributed by atoms with Crippen LogP contribution in [0.1, 0.15) is 9.67 Å². The van der Waals surface area contributed by atoms with Crippen LogP contribution in [0.2, 0.25) is 0 Å². The van der Waals surface area contributed by atoms with E-state index in [0.717, 1.165) is 11.1 Å². The van der Waals surface area contributed by atoms with Crippen LogP contribution in [-0.4, -0.2) is 18.1 Å². The molecule has 0 unspecified atom stereocenters. The third-order valence-corrected chi connectivity index (χ3v) is 2.89. The van der Waals surface area contributed by atoms with Gasteiger partial charge in [-0.05, 0) is 23.1 Å². The fraction of sp³-hybridized carbons (Fsp3) is 0.0909. The molecule has 0 saturated carbocycles. The second-order valence-corrected chi connectivity index (χ2v) is 3.84. The van der Waals surface area contributed by atoms with Gasteiger partial charge in [0.2, 0.25) is 0 Å². The summed E-state index contributed by atoms with van der Waals surface area (Å²) in [7, 11) is 1.38. The van der Waals surface area contributed by atoms with Crippen LogP contribution in [0.25, 0.3) is 11.1 Å². The molecule has 0 fully saturated rings. The minimum atomic E-state index is -0.296. The van der Waals surface area contributed by atoms with Gasteiger partial charge in [0.15, 0.2) is 0 Å². The molecule has 15 heavy (non-hydrogen) atoms. The van der Waals surface area contributed by atoms with Gasteiger partial charge in [0.05, 0.1) is 7.11 Å². The zero-order valence-corrected chi connectivity index (χ0v) is 8.95. The Labute approximate surface area is 91.4 Å². The van der Waals surface area contributed by atoms with Gasteiger partial charge in [-0.15, -0.1) is 11.3 Å². The van der Waals surface area contributed by atoms with Crippen molar-refractivity contribution in [2.45, 2.75) is 0 Å². The molecule has 0 radical (unpaired) electrons. The summed E-state index contributed by atoms with van der Waals surface area (Å²) in [4.78, 5) is 15.9. The molecule has 2 heterocycles. The van der Waals surface area contributed by atoms with Crippen molar-refractivity contribution in [1.82, 2.24) is 4.98 Å². The highest BCUT2D eigenvalue weighted by Gasteiger charge is 2.09. The molecule has 76 valence electrons. The molecular formula is C11H9NO2S. The first-order valence-electron chi connectivity index (χ1n) is 4.38. The summed E-state index contributed by atoms with van der Waals surface area (Å²) in [6, 6.07) is 5.63. The maximum atomic E-state index is 11.2. The van der Waals surface area contributed by atoms with E-state index in [2.05, 4.69) is 9.72 Å². The summed E-state index contributed by atoms with van der Waals surface area (Å²) in [5, 5.41) is 1.92. The standard InChI is InChI=1S/C11H9NO2S/c1-14-11(13)10-5-9(7-15-10)8-3-2-4-12-6-8/h2-7H,1H3. The molecule has 2 rings (SSSR count). The summed E-state index contributed by atoms with van der Waals surface area (Å²) in [6.45, 7) is 0. The van der Waals surface area contributed by atoms with Crippen molar-refractivity contribution >= 4 is 17.3 Å². The van der Waals surface area contributed by atoms with Crippen molar-refractivity contribution < 1.29 is 9.53 Å². The molecule has 0 aliphatic carbocycles. The highest BCUT2D eigenvalue weighted by molar-refractivity contribution is 7.12. The Kier molecular flexibility index (Phi) is 2.78. The molecule has 0 N–H and O–H groups in total. The van der Waals surface area contributed by atoms with Gasteiger partial charge in [0, 0.05) is 18.0 Å². The first-order chi connectivity index (χ1) is 7.31. The van der Waals surface area contributed by atoms with Crippen molar-refractivity contribution in [3.05, 3.63) is 40.8 Å². The summed E-state index contributed by atoms with van der Waals surface area (Å²) < 4.78 is 4.64. The lowest BCUT2D eigenvalue weighted by Crippen LogP contribution is -1.96. The molecule has 4 heteroatoms. The predicted octanol–water partition coefficient (Wildman–Crippen LogP) is 2.60. The van der Waals surface area contributed by atoms with E-state index < -0.39 is 0 Å². The van der Waals surface area contributed by atoms with Crippen LogP contribution in [0, 0.1) is 0 Å². The van der Waals surface area contributed by atoms with E-state index in [-0.39, 0.29) is 5.97 Å². The summed E-state index contributed by atoms with van der Waals surface area (Å²) >= 11 is 1.37. The molecule has 3 nitrogen and oxygen atoms in total. The molecule has 0 atom stereocenters. The van der Waals surface area contributed by atoms with Gasteiger partial charge in [-0.3, -0.25) is 4.98 Å². The van der Waals surface area contributed by atoms with E-state index in [9.17, 15) is 4.79 Å². The summed E-state index contributed by atoms with van der Waals surface area (Å²) in [6.07, 6.45) is 3.49. The lowest BCUT2D eigenvalue weighted by atomic mass is 10.1. The number of carbonyl (C=O) groups excluding carboxylic acids is 1. The number of rotatable bonds is 2. The second kappa shape index (κ2) is 4.23. The number of thiophene rings is 1. The number of nitrogens with zero attached hydrogens (tertiary/aromatic N) is 1. The van der Waals surface area contributed by atoms with E-state index in [1.165, 1.54) is 18.4 Å². The fourth-order valence-corrected chi connectivity index (χ4v) is 2.06. The lowest BCUT2D eigenvalue weighted by molar-refractivity contribution is 0.0606. The number of methoxy groups -OCH3 is 1. The molecule has 0 spiro atoms. The van der Waals surface area contributed by atoms with E-state index in [4.69, 9.17) is 0 Å². The molecule has 2 aromatic heterocycles. The quantitative estimate of drug-likeness (QED) is 0.729. The number of hydrogen-bond donors (Lipinski definition) is 0. The monoisotopic (exact) mass is 219 g/mol. The van der Waals surface area contributed by atoms with Gasteiger partial charge >= 0.3 is 5.97 Å². The highest BCUT2D eigenvalue weighted by Crippen LogP contribution is 2.25. The van der Waals surface area contributed by atoms with Gasteiger partial charge in [0.1, 0.15) is 4.88 Å². The molecule has 0 aliphatic heterocycles. The van der Waals surface area contributed by atoms with Crippen molar-refractivity contribution in [2.75, 3.05) is 7.11 Å². The third-order valence-electron chi connectivity index (χ3n) is 1.98. The van der Waals surface area contributed by atoms with Crippen LogP contribution in [0.5, 0.6) is 0 Å².